The van der Waals surface area contributed by atoms with Crippen molar-refractivity contribution < 1.29 is 0 Å². The average Bonchev–Trinajstić information content (AvgIpc) is 3.76. The zero-order valence-electron chi connectivity index (χ0n) is 28.8. The zero-order chi connectivity index (χ0) is 35.9. The van der Waals surface area contributed by atoms with Gasteiger partial charge in [0, 0.05) is 50.5 Å². The van der Waals surface area contributed by atoms with Crippen LogP contribution in [0.25, 0.3) is 104 Å². The highest BCUT2D eigenvalue weighted by molar-refractivity contribution is 6.34. The molecular weight excluding hydrogens is 659 g/mol. The summed E-state index contributed by atoms with van der Waals surface area (Å²) in [7, 11) is 0. The van der Waals surface area contributed by atoms with Crippen molar-refractivity contribution in [3.63, 3.8) is 0 Å². The Balaban J connectivity index is 1.46. The van der Waals surface area contributed by atoms with Crippen molar-refractivity contribution >= 4 is 70.8 Å². The molecule has 0 N–H and O–H groups in total. The monoisotopic (exact) mass is 685 g/mol. The fourth-order valence-electron chi connectivity index (χ4n) is 8.94. The first-order chi connectivity index (χ1) is 26.8. The highest BCUT2D eigenvalue weighted by Gasteiger charge is 2.32. The normalized spacial score (nSPS) is 11.7. The van der Waals surface area contributed by atoms with Crippen LogP contribution in [0.5, 0.6) is 0 Å². The van der Waals surface area contributed by atoms with Gasteiger partial charge in [0.15, 0.2) is 0 Å². The summed E-state index contributed by atoms with van der Waals surface area (Å²) in [4.78, 5) is 8.96. The van der Waals surface area contributed by atoms with Crippen molar-refractivity contribution in [1.29, 1.82) is 5.26 Å². The van der Waals surface area contributed by atoms with Gasteiger partial charge in [-0.05, 0) is 57.6 Å². The van der Waals surface area contributed by atoms with Crippen LogP contribution < -0.4 is 0 Å². The van der Waals surface area contributed by atoms with E-state index in [-0.39, 0.29) is 0 Å². The number of fused-ring (bicyclic) bond motifs is 6. The van der Waals surface area contributed by atoms with E-state index >= 15 is 0 Å². The maximum absolute atomic E-state index is 11.5. The van der Waals surface area contributed by atoms with Crippen molar-refractivity contribution in [3.05, 3.63) is 181 Å². The Morgan fingerprint density at radius 3 is 1.57 bits per heavy atom. The Labute approximate surface area is 310 Å². The molecule has 0 fully saturated rings. The first kappa shape index (κ1) is 29.9. The molecule has 11 aromatic rings. The molecule has 5 heteroatoms. The van der Waals surface area contributed by atoms with Crippen molar-refractivity contribution in [2.45, 2.75) is 0 Å². The molecule has 0 aliphatic rings. The van der Waals surface area contributed by atoms with Gasteiger partial charge in [0.05, 0.1) is 45.6 Å². The number of rotatable bonds is 4. The molecule has 0 aliphatic heterocycles. The van der Waals surface area contributed by atoms with Crippen molar-refractivity contribution in [3.8, 4) is 39.7 Å². The Kier molecular flexibility index (Phi) is 6.32. The fraction of sp³-hybridized carbons (Fsp3) is 0. The van der Waals surface area contributed by atoms with Gasteiger partial charge in [0.1, 0.15) is 6.07 Å². The number of hydrogen-bond acceptors (Lipinski definition) is 2. The van der Waals surface area contributed by atoms with E-state index in [4.69, 9.17) is 6.57 Å². The van der Waals surface area contributed by atoms with E-state index in [2.05, 4.69) is 128 Å². The maximum atomic E-state index is 11.5. The van der Waals surface area contributed by atoms with Gasteiger partial charge in [0.2, 0.25) is 5.69 Å². The predicted octanol–water partition coefficient (Wildman–Crippen LogP) is 12.8. The molecule has 5 nitrogen and oxygen atoms in total. The molecule has 3 aromatic heterocycles. The molecule has 0 unspecified atom stereocenters. The van der Waals surface area contributed by atoms with Gasteiger partial charge in [-0.1, -0.05) is 121 Å². The molecular formula is C49H27N5. The summed E-state index contributed by atoms with van der Waals surface area (Å²) in [5, 5.41) is 20.4. The number of para-hydroxylation sites is 2. The van der Waals surface area contributed by atoms with Crippen LogP contribution in [0.4, 0.5) is 5.69 Å². The molecule has 11 rings (SSSR count). The molecule has 0 aliphatic carbocycles. The molecule has 0 atom stereocenters. The Morgan fingerprint density at radius 2 is 0.981 bits per heavy atom. The second-order valence-electron chi connectivity index (χ2n) is 13.7. The van der Waals surface area contributed by atoms with E-state index in [0.29, 0.717) is 16.8 Å². The van der Waals surface area contributed by atoms with Crippen LogP contribution in [0.15, 0.2) is 164 Å². The van der Waals surface area contributed by atoms with Crippen LogP contribution >= 0.6 is 0 Å². The summed E-state index contributed by atoms with van der Waals surface area (Å²) in [6.07, 6.45) is 3.81. The largest absolute Gasteiger partial charge is 0.318 e. The van der Waals surface area contributed by atoms with Gasteiger partial charge in [-0.3, -0.25) is 4.98 Å². The van der Waals surface area contributed by atoms with E-state index < -0.39 is 0 Å². The molecule has 8 aromatic carbocycles. The molecule has 3 heterocycles. The zero-order valence-corrected chi connectivity index (χ0v) is 28.8. The van der Waals surface area contributed by atoms with E-state index in [1.54, 1.807) is 0 Å². The Morgan fingerprint density at radius 1 is 0.481 bits per heavy atom. The molecule has 0 radical (unpaired) electrons. The summed E-state index contributed by atoms with van der Waals surface area (Å²) < 4.78 is 4.54. The number of nitriles is 1. The summed E-state index contributed by atoms with van der Waals surface area (Å²) >= 11 is 0. The van der Waals surface area contributed by atoms with E-state index in [9.17, 15) is 5.26 Å². The van der Waals surface area contributed by atoms with Crippen LogP contribution in [0.3, 0.4) is 0 Å². The third kappa shape index (κ3) is 3.93. The fourth-order valence-corrected chi connectivity index (χ4v) is 8.94. The lowest BCUT2D eigenvalue weighted by Crippen LogP contribution is -2.08. The SMILES string of the molecule is [C-]#[N+]c1c(-c2ccccc2)c(C#N)c(-n2c3ccccc3c3ccccc32)c(-c2ccccc2)c1-n1c2cccc3c4ccncc4c4cccc1c4c32. The van der Waals surface area contributed by atoms with Crippen molar-refractivity contribution in [2.75, 3.05) is 0 Å². The van der Waals surface area contributed by atoms with Gasteiger partial charge in [-0.2, -0.15) is 5.26 Å². The summed E-state index contributed by atoms with van der Waals surface area (Å²) in [5.41, 5.74) is 9.47. The first-order valence-corrected chi connectivity index (χ1v) is 17.9. The molecule has 0 spiro atoms. The minimum absolute atomic E-state index is 0.425. The topological polar surface area (TPSA) is 50.9 Å². The molecule has 248 valence electrons. The third-order valence-corrected chi connectivity index (χ3v) is 11.0. The van der Waals surface area contributed by atoms with Crippen LogP contribution in [0.1, 0.15) is 5.56 Å². The van der Waals surface area contributed by atoms with E-state index in [1.807, 2.05) is 60.9 Å². The molecule has 54 heavy (non-hydrogen) atoms. The minimum atomic E-state index is 0.425. The van der Waals surface area contributed by atoms with Crippen LogP contribution in [0, 0.1) is 17.9 Å². The number of nitrogens with zero attached hydrogens (tertiary/aromatic N) is 5. The molecule has 0 bridgehead atoms. The molecule has 0 saturated carbocycles. The summed E-state index contributed by atoms with van der Waals surface area (Å²) in [6, 6.07) is 54.6. The highest BCUT2D eigenvalue weighted by Crippen LogP contribution is 2.53. The Bertz CT molecular complexity index is 3250. The smallest absolute Gasteiger partial charge is 0.220 e. The van der Waals surface area contributed by atoms with E-state index in [1.165, 1.54) is 0 Å². The van der Waals surface area contributed by atoms with Crippen molar-refractivity contribution in [1.82, 2.24) is 14.1 Å². The highest BCUT2D eigenvalue weighted by atomic mass is 15.0. The van der Waals surface area contributed by atoms with Crippen LogP contribution in [-0.2, 0) is 0 Å². The van der Waals surface area contributed by atoms with Crippen LogP contribution in [-0.4, -0.2) is 14.1 Å². The number of hydrogen-bond donors (Lipinski definition) is 0. The van der Waals surface area contributed by atoms with Gasteiger partial charge < -0.3 is 9.13 Å². The van der Waals surface area contributed by atoms with Gasteiger partial charge in [-0.15, -0.1) is 0 Å². The number of pyridine rings is 1. The van der Waals surface area contributed by atoms with Gasteiger partial charge in [-0.25, -0.2) is 4.85 Å². The van der Waals surface area contributed by atoms with Gasteiger partial charge >= 0.3 is 0 Å². The molecule has 0 amide bonds. The Hall–Kier alpha value is -7.73. The number of benzene rings is 8. The lowest BCUT2D eigenvalue weighted by molar-refractivity contribution is 1.13. The second-order valence-corrected chi connectivity index (χ2v) is 13.7. The predicted molar refractivity (Wildman–Crippen MR) is 221 cm³/mol. The quantitative estimate of drug-likeness (QED) is 0.137. The number of aromatic nitrogens is 3. The summed E-state index contributed by atoms with van der Waals surface area (Å²) in [6.45, 7) is 9.02. The first-order valence-electron chi connectivity index (χ1n) is 17.9. The summed E-state index contributed by atoms with van der Waals surface area (Å²) in [5.74, 6) is 0. The second kappa shape index (κ2) is 11.4. The van der Waals surface area contributed by atoms with Gasteiger partial charge in [0.25, 0.3) is 0 Å². The van der Waals surface area contributed by atoms with Crippen LogP contribution in [0.2, 0.25) is 0 Å². The lowest BCUT2D eigenvalue weighted by atomic mass is 9.88. The molecule has 0 saturated heterocycles. The van der Waals surface area contributed by atoms with Crippen molar-refractivity contribution in [2.24, 2.45) is 0 Å². The average molecular weight is 686 g/mol. The minimum Gasteiger partial charge on any atom is -0.318 e. The third-order valence-electron chi connectivity index (χ3n) is 11.0. The van der Waals surface area contributed by atoms with E-state index in [0.717, 1.165) is 93.2 Å². The standard InChI is InChI=1S/C49H27N5/c1-51-47-43(30-14-4-2-5-15-30)37(28-50)48(53-39-22-10-8-18-33(39)34-19-9-11-23-40(34)53)44(31-16-6-3-7-17-31)49(47)54-41-24-12-20-35-32-26-27-52-29-38(32)36-21-13-25-42(54)46(36)45(35)41/h2-27,29H. The maximum Gasteiger partial charge on any atom is 0.220 e. The lowest BCUT2D eigenvalue weighted by Gasteiger charge is -2.25.